The van der Waals surface area contributed by atoms with Crippen molar-refractivity contribution >= 4 is 58.5 Å². The Labute approximate surface area is 253 Å². The Morgan fingerprint density at radius 2 is 1.47 bits per heavy atom. The Morgan fingerprint density at radius 1 is 0.814 bits per heavy atom. The number of hydrogen-bond acceptors (Lipinski definition) is 4. The molecule has 4 rings (SSSR count). The molecule has 0 aromatic heterocycles. The molecule has 6 nitrogen and oxygen atoms in total. The minimum Gasteiger partial charge on any atom is -0.321 e. The molecule has 3 N–H and O–H groups in total. The van der Waals surface area contributed by atoms with Crippen LogP contribution in [-0.4, -0.2) is 23.0 Å². The largest absolute Gasteiger partial charge is 0.321 e. The topological polar surface area (TPSA) is 87.3 Å². The third-order valence-corrected chi connectivity index (χ3v) is 7.31. The average molecular weight is 628 g/mol. The van der Waals surface area contributed by atoms with Crippen molar-refractivity contribution in [1.29, 1.82) is 0 Å². The van der Waals surface area contributed by atoms with Crippen LogP contribution in [0.3, 0.4) is 0 Å². The van der Waals surface area contributed by atoms with E-state index in [0.717, 1.165) is 11.8 Å². The van der Waals surface area contributed by atoms with Crippen LogP contribution >= 0.6 is 23.4 Å². The minimum atomic E-state index is -1.73. The Bertz CT molecular complexity index is 1690. The van der Waals surface area contributed by atoms with Crippen molar-refractivity contribution in [3.05, 3.63) is 130 Å². The molecule has 4 aromatic carbocycles. The average Bonchev–Trinajstić information content (AvgIpc) is 2.99. The Kier molecular flexibility index (Phi) is 10.2. The van der Waals surface area contributed by atoms with Gasteiger partial charge >= 0.3 is 0 Å². The van der Waals surface area contributed by atoms with Crippen molar-refractivity contribution in [3.63, 3.8) is 0 Å². The van der Waals surface area contributed by atoms with Gasteiger partial charge in [-0.2, -0.15) is 0 Å². The van der Waals surface area contributed by atoms with E-state index < -0.39 is 51.9 Å². The molecular formula is C31H22ClF4N3O3S. The number of carbonyl (C=O) groups excluding carboxylic acids is 3. The predicted octanol–water partition coefficient (Wildman–Crippen LogP) is 7.43. The second-order valence-corrected chi connectivity index (χ2v) is 10.8. The highest BCUT2D eigenvalue weighted by Gasteiger charge is 2.24. The van der Waals surface area contributed by atoms with E-state index in [4.69, 9.17) is 11.6 Å². The van der Waals surface area contributed by atoms with Gasteiger partial charge in [0.15, 0.2) is 23.3 Å². The van der Waals surface area contributed by atoms with Gasteiger partial charge in [-0.05, 0) is 55.0 Å². The molecule has 0 saturated carbocycles. The molecule has 3 amide bonds. The fourth-order valence-corrected chi connectivity index (χ4v) is 4.82. The molecule has 4 aromatic rings. The SMILES string of the molecule is CC(Sc1cccc(NC(=O)/C(=C\c2ccccc2Cl)NC(=O)c2ccccc2)c1)C(=O)Nc1c(F)c(F)cc(F)c1F. The van der Waals surface area contributed by atoms with Gasteiger partial charge in [0, 0.05) is 27.2 Å². The van der Waals surface area contributed by atoms with E-state index in [1.54, 1.807) is 72.8 Å². The van der Waals surface area contributed by atoms with E-state index in [1.807, 2.05) is 5.32 Å². The second-order valence-electron chi connectivity index (χ2n) is 8.97. The van der Waals surface area contributed by atoms with E-state index >= 15 is 0 Å². The normalized spacial score (nSPS) is 11.9. The molecule has 0 aliphatic carbocycles. The van der Waals surface area contributed by atoms with Crippen LogP contribution in [-0.2, 0) is 9.59 Å². The van der Waals surface area contributed by atoms with Gasteiger partial charge in [0.2, 0.25) is 5.91 Å². The van der Waals surface area contributed by atoms with Crippen LogP contribution in [0.5, 0.6) is 0 Å². The molecule has 0 heterocycles. The van der Waals surface area contributed by atoms with Gasteiger partial charge in [-0.15, -0.1) is 11.8 Å². The third-order valence-electron chi connectivity index (χ3n) is 5.87. The molecule has 12 heteroatoms. The maximum atomic E-state index is 14.0. The number of carbonyl (C=O) groups is 3. The van der Waals surface area contributed by atoms with Gasteiger partial charge < -0.3 is 16.0 Å². The molecule has 0 fully saturated rings. The predicted molar refractivity (Wildman–Crippen MR) is 159 cm³/mol. The van der Waals surface area contributed by atoms with Crippen molar-refractivity contribution in [2.75, 3.05) is 10.6 Å². The Balaban J connectivity index is 1.50. The molecule has 1 unspecified atom stereocenters. The molecule has 0 spiro atoms. The summed E-state index contributed by atoms with van der Waals surface area (Å²) in [6, 6.07) is 21.4. The molecule has 0 aliphatic heterocycles. The van der Waals surface area contributed by atoms with Crippen molar-refractivity contribution in [3.8, 4) is 0 Å². The first-order valence-electron chi connectivity index (χ1n) is 12.6. The van der Waals surface area contributed by atoms with Crippen LogP contribution in [0, 0.1) is 23.3 Å². The van der Waals surface area contributed by atoms with Crippen molar-refractivity contribution in [2.24, 2.45) is 0 Å². The number of nitrogens with one attached hydrogen (secondary N) is 3. The molecular weight excluding hydrogens is 606 g/mol. The summed E-state index contributed by atoms with van der Waals surface area (Å²) in [5.74, 6) is -8.87. The standard InChI is InChI=1S/C31H22ClF4N3O3S/c1-17(29(40)39-28-26(35)23(33)16-24(34)27(28)36)43-21-12-7-11-20(15-21)37-31(42)25(14-19-10-5-6-13-22(19)32)38-30(41)18-8-3-2-4-9-18/h2-17H,1H3,(H,37,42)(H,38,41)(H,39,40)/b25-14+. The van der Waals surface area contributed by atoms with E-state index in [-0.39, 0.29) is 11.8 Å². The minimum absolute atomic E-state index is 0.0421. The van der Waals surface area contributed by atoms with Gasteiger partial charge in [-0.3, -0.25) is 14.4 Å². The summed E-state index contributed by atoms with van der Waals surface area (Å²) in [5.41, 5.74) is -0.221. The smallest absolute Gasteiger partial charge is 0.272 e. The fourth-order valence-electron chi connectivity index (χ4n) is 3.70. The number of benzene rings is 4. The molecule has 220 valence electrons. The lowest BCUT2D eigenvalue weighted by atomic mass is 10.1. The first-order chi connectivity index (χ1) is 20.5. The van der Waals surface area contributed by atoms with E-state index in [2.05, 4.69) is 10.6 Å². The van der Waals surface area contributed by atoms with Crippen LogP contribution in [0.25, 0.3) is 6.08 Å². The molecule has 0 saturated heterocycles. The summed E-state index contributed by atoms with van der Waals surface area (Å²) < 4.78 is 55.0. The number of hydrogen-bond donors (Lipinski definition) is 3. The maximum absolute atomic E-state index is 14.0. The van der Waals surface area contributed by atoms with Gasteiger partial charge in [-0.25, -0.2) is 17.6 Å². The molecule has 0 bridgehead atoms. The number of thioether (sulfide) groups is 1. The summed E-state index contributed by atoms with van der Waals surface area (Å²) in [5, 5.41) is 6.56. The zero-order valence-electron chi connectivity index (χ0n) is 22.3. The van der Waals surface area contributed by atoms with Crippen LogP contribution in [0.15, 0.2) is 95.5 Å². The molecule has 1 atom stereocenters. The van der Waals surface area contributed by atoms with Crippen LogP contribution in [0.4, 0.5) is 28.9 Å². The summed E-state index contributed by atoms with van der Waals surface area (Å²) in [4.78, 5) is 39.2. The lowest BCUT2D eigenvalue weighted by Gasteiger charge is -2.15. The number of halogens is 5. The maximum Gasteiger partial charge on any atom is 0.272 e. The monoisotopic (exact) mass is 627 g/mol. The Hall–Kier alpha value is -4.61. The zero-order chi connectivity index (χ0) is 31.1. The molecule has 43 heavy (non-hydrogen) atoms. The van der Waals surface area contributed by atoms with Crippen molar-refractivity contribution in [1.82, 2.24) is 5.32 Å². The molecule has 0 radical (unpaired) electrons. The first kappa shape index (κ1) is 31.3. The number of amides is 3. The van der Waals surface area contributed by atoms with Gasteiger partial charge in [0.05, 0.1) is 5.25 Å². The zero-order valence-corrected chi connectivity index (χ0v) is 23.8. The summed E-state index contributed by atoms with van der Waals surface area (Å²) in [6.45, 7) is 1.42. The summed E-state index contributed by atoms with van der Waals surface area (Å²) in [6.07, 6.45) is 1.43. The van der Waals surface area contributed by atoms with Crippen molar-refractivity contribution in [2.45, 2.75) is 17.1 Å². The highest BCUT2D eigenvalue weighted by atomic mass is 35.5. The van der Waals surface area contributed by atoms with Crippen LogP contribution in [0.1, 0.15) is 22.8 Å². The van der Waals surface area contributed by atoms with Gasteiger partial charge in [0.1, 0.15) is 11.4 Å². The highest BCUT2D eigenvalue weighted by Crippen LogP contribution is 2.29. The van der Waals surface area contributed by atoms with E-state index in [0.29, 0.717) is 26.7 Å². The Morgan fingerprint density at radius 3 is 2.14 bits per heavy atom. The van der Waals surface area contributed by atoms with E-state index in [9.17, 15) is 31.9 Å². The number of anilines is 2. The fraction of sp³-hybridized carbons (Fsp3) is 0.0645. The quantitative estimate of drug-likeness (QED) is 0.0780. The van der Waals surface area contributed by atoms with Gasteiger partial charge in [0.25, 0.3) is 11.8 Å². The van der Waals surface area contributed by atoms with Gasteiger partial charge in [-0.1, -0.05) is 54.1 Å². The highest BCUT2D eigenvalue weighted by molar-refractivity contribution is 8.00. The summed E-state index contributed by atoms with van der Waals surface area (Å²) >= 11 is 7.22. The molecule has 0 aliphatic rings. The van der Waals surface area contributed by atoms with E-state index in [1.165, 1.54) is 19.1 Å². The summed E-state index contributed by atoms with van der Waals surface area (Å²) in [7, 11) is 0. The first-order valence-corrected chi connectivity index (χ1v) is 13.8. The third kappa shape index (κ3) is 8.02. The second kappa shape index (κ2) is 14.0. The van der Waals surface area contributed by atoms with Crippen LogP contribution < -0.4 is 16.0 Å². The lowest BCUT2D eigenvalue weighted by molar-refractivity contribution is -0.115. The lowest BCUT2D eigenvalue weighted by Crippen LogP contribution is -2.30. The van der Waals surface area contributed by atoms with Crippen molar-refractivity contribution < 1.29 is 31.9 Å². The number of rotatable bonds is 9. The van der Waals surface area contributed by atoms with Crippen LogP contribution in [0.2, 0.25) is 5.02 Å².